The molecule has 0 fully saturated rings. The number of hydrogen-bond acceptors (Lipinski definition) is 6. The molecule has 3 rings (SSSR count). The molecule has 3 heterocycles. The molecular weight excluding hydrogens is 302 g/mol. The maximum atomic E-state index is 11.5. The van der Waals surface area contributed by atoms with Crippen molar-refractivity contribution in [3.63, 3.8) is 0 Å². The van der Waals surface area contributed by atoms with Gasteiger partial charge in [-0.3, -0.25) is 4.68 Å². The fraction of sp³-hybridized carbons (Fsp3) is 0.500. The molecule has 0 unspecified atom stereocenters. The van der Waals surface area contributed by atoms with Gasteiger partial charge in [0.15, 0.2) is 15.5 Å². The summed E-state index contributed by atoms with van der Waals surface area (Å²) in [5, 5.41) is 9.45. The zero-order valence-electron chi connectivity index (χ0n) is 13.0. The van der Waals surface area contributed by atoms with Crippen LogP contribution in [0, 0.1) is 0 Å². The summed E-state index contributed by atoms with van der Waals surface area (Å²) < 4.78 is 24.8. The number of fused-ring (bicyclic) bond motifs is 1. The minimum Gasteiger partial charge on any atom is -0.362 e. The van der Waals surface area contributed by atoms with E-state index in [0.717, 1.165) is 11.0 Å². The second-order valence-corrected chi connectivity index (χ2v) is 8.49. The Bertz CT molecular complexity index is 861. The Morgan fingerprint density at radius 1 is 1.32 bits per heavy atom. The van der Waals surface area contributed by atoms with E-state index in [1.54, 1.807) is 17.0 Å². The Morgan fingerprint density at radius 2 is 2.05 bits per heavy atom. The smallest absolute Gasteiger partial charge is 0.173 e. The lowest BCUT2D eigenvalue weighted by atomic mass is 9.95. The van der Waals surface area contributed by atoms with E-state index in [0.29, 0.717) is 11.6 Å². The molecule has 7 nitrogen and oxygen atoms in total. The van der Waals surface area contributed by atoms with Crippen LogP contribution in [-0.4, -0.2) is 40.0 Å². The molecule has 0 bridgehead atoms. The standard InChI is InChI=1S/C14H19N5O2S/c1-14(2,3)13-17-11(10-7-15-19(4)12(10)18-13)16-9-5-6-22(20,21)8-9/h5-7,9H,8H2,1-4H3,(H,16,17,18)/t9-/m0/s1. The third-order valence-electron chi connectivity index (χ3n) is 3.52. The highest BCUT2D eigenvalue weighted by molar-refractivity contribution is 7.94. The Kier molecular flexibility index (Phi) is 3.24. The topological polar surface area (TPSA) is 89.8 Å². The zero-order chi connectivity index (χ0) is 16.1. The van der Waals surface area contributed by atoms with Gasteiger partial charge in [0.25, 0.3) is 0 Å². The van der Waals surface area contributed by atoms with Gasteiger partial charge in [0.05, 0.1) is 23.4 Å². The maximum Gasteiger partial charge on any atom is 0.173 e. The van der Waals surface area contributed by atoms with Crippen LogP contribution in [0.3, 0.4) is 0 Å². The van der Waals surface area contributed by atoms with Gasteiger partial charge in [-0.05, 0) is 6.08 Å². The first kappa shape index (κ1) is 15.0. The predicted molar refractivity (Wildman–Crippen MR) is 85.3 cm³/mol. The van der Waals surface area contributed by atoms with Crippen molar-refractivity contribution in [2.24, 2.45) is 7.05 Å². The van der Waals surface area contributed by atoms with Crippen LogP contribution >= 0.6 is 0 Å². The summed E-state index contributed by atoms with van der Waals surface area (Å²) in [5.74, 6) is 1.36. The molecule has 0 amide bonds. The highest BCUT2D eigenvalue weighted by Gasteiger charge is 2.25. The maximum absolute atomic E-state index is 11.5. The molecule has 1 aliphatic heterocycles. The predicted octanol–water partition coefficient (Wildman–Crippen LogP) is 1.38. The number of anilines is 1. The van der Waals surface area contributed by atoms with Crippen LogP contribution in [0.5, 0.6) is 0 Å². The van der Waals surface area contributed by atoms with Gasteiger partial charge in [-0.15, -0.1) is 0 Å². The first-order valence-electron chi connectivity index (χ1n) is 7.03. The van der Waals surface area contributed by atoms with Crippen molar-refractivity contribution in [3.05, 3.63) is 23.5 Å². The van der Waals surface area contributed by atoms with Crippen LogP contribution in [0.2, 0.25) is 0 Å². The normalized spacial score (nSPS) is 20.6. The second-order valence-electron chi connectivity index (χ2n) is 6.56. The van der Waals surface area contributed by atoms with Gasteiger partial charge in [0.2, 0.25) is 0 Å². The van der Waals surface area contributed by atoms with Gasteiger partial charge < -0.3 is 5.32 Å². The second kappa shape index (κ2) is 4.77. The van der Waals surface area contributed by atoms with E-state index in [2.05, 4.69) is 20.4 Å². The lowest BCUT2D eigenvalue weighted by Crippen LogP contribution is -2.24. The molecule has 0 aliphatic carbocycles. The third kappa shape index (κ3) is 2.70. The number of hydrogen-bond donors (Lipinski definition) is 1. The molecule has 1 aliphatic rings. The molecule has 0 radical (unpaired) electrons. The van der Waals surface area contributed by atoms with E-state index < -0.39 is 9.84 Å². The SMILES string of the molecule is Cn1ncc2c(N[C@H]3C=CS(=O)(=O)C3)nc(C(C)(C)C)nc21. The van der Waals surface area contributed by atoms with Crippen molar-refractivity contribution in [2.45, 2.75) is 32.2 Å². The fourth-order valence-electron chi connectivity index (χ4n) is 2.31. The van der Waals surface area contributed by atoms with Crippen LogP contribution in [-0.2, 0) is 22.3 Å². The molecule has 0 saturated carbocycles. The van der Waals surface area contributed by atoms with Crippen LogP contribution in [0.1, 0.15) is 26.6 Å². The minimum atomic E-state index is -3.11. The third-order valence-corrected chi connectivity index (χ3v) is 4.91. The van der Waals surface area contributed by atoms with Crippen LogP contribution in [0.25, 0.3) is 11.0 Å². The highest BCUT2D eigenvalue weighted by atomic mass is 32.2. The van der Waals surface area contributed by atoms with E-state index >= 15 is 0 Å². The molecule has 0 spiro atoms. The first-order valence-corrected chi connectivity index (χ1v) is 8.75. The number of nitrogens with zero attached hydrogens (tertiary/aromatic N) is 4. The molecule has 8 heteroatoms. The molecule has 1 N–H and O–H groups in total. The molecule has 118 valence electrons. The van der Waals surface area contributed by atoms with Gasteiger partial charge in [0, 0.05) is 17.9 Å². The zero-order valence-corrected chi connectivity index (χ0v) is 13.8. The average molecular weight is 321 g/mol. The molecule has 22 heavy (non-hydrogen) atoms. The largest absolute Gasteiger partial charge is 0.362 e. The summed E-state index contributed by atoms with van der Waals surface area (Å²) >= 11 is 0. The van der Waals surface area contributed by atoms with Crippen molar-refractivity contribution >= 4 is 26.7 Å². The van der Waals surface area contributed by atoms with Gasteiger partial charge in [0.1, 0.15) is 11.6 Å². The number of nitrogens with one attached hydrogen (secondary N) is 1. The van der Waals surface area contributed by atoms with Crippen molar-refractivity contribution in [2.75, 3.05) is 11.1 Å². The lowest BCUT2D eigenvalue weighted by Gasteiger charge is -2.19. The highest BCUT2D eigenvalue weighted by Crippen LogP contribution is 2.27. The lowest BCUT2D eigenvalue weighted by molar-refractivity contribution is 0.547. The number of aromatic nitrogens is 4. The number of rotatable bonds is 2. The van der Waals surface area contributed by atoms with E-state index in [4.69, 9.17) is 0 Å². The van der Waals surface area contributed by atoms with E-state index in [-0.39, 0.29) is 17.2 Å². The molecule has 1 atom stereocenters. The summed E-state index contributed by atoms with van der Waals surface area (Å²) in [4.78, 5) is 9.18. The Morgan fingerprint density at radius 3 is 2.64 bits per heavy atom. The van der Waals surface area contributed by atoms with Crippen molar-refractivity contribution < 1.29 is 8.42 Å². The average Bonchev–Trinajstić information content (AvgIpc) is 2.92. The van der Waals surface area contributed by atoms with Crippen LogP contribution in [0.4, 0.5) is 5.82 Å². The van der Waals surface area contributed by atoms with E-state index in [9.17, 15) is 8.42 Å². The van der Waals surface area contributed by atoms with Crippen LogP contribution < -0.4 is 5.32 Å². The van der Waals surface area contributed by atoms with Gasteiger partial charge >= 0.3 is 0 Å². The summed E-state index contributed by atoms with van der Waals surface area (Å²) in [5.41, 5.74) is 0.513. The van der Waals surface area contributed by atoms with Crippen molar-refractivity contribution in [1.82, 2.24) is 19.7 Å². The van der Waals surface area contributed by atoms with Gasteiger partial charge in [-0.25, -0.2) is 18.4 Å². The molecule has 2 aromatic heterocycles. The van der Waals surface area contributed by atoms with Crippen LogP contribution in [0.15, 0.2) is 17.7 Å². The number of aryl methyl sites for hydroxylation is 1. The fourth-order valence-corrected chi connectivity index (χ4v) is 3.54. The Hall–Kier alpha value is -1.96. The van der Waals surface area contributed by atoms with Gasteiger partial charge in [-0.2, -0.15) is 5.10 Å². The Balaban J connectivity index is 2.06. The summed E-state index contributed by atoms with van der Waals surface area (Å²) in [6, 6.07) is -0.281. The molecular formula is C14H19N5O2S. The van der Waals surface area contributed by atoms with Gasteiger partial charge in [-0.1, -0.05) is 20.8 Å². The molecule has 0 saturated heterocycles. The first-order chi connectivity index (χ1) is 10.2. The molecule has 2 aromatic rings. The molecule has 0 aromatic carbocycles. The van der Waals surface area contributed by atoms with Crippen molar-refractivity contribution in [1.29, 1.82) is 0 Å². The quantitative estimate of drug-likeness (QED) is 0.899. The minimum absolute atomic E-state index is 0.0452. The summed E-state index contributed by atoms with van der Waals surface area (Å²) in [6.07, 6.45) is 3.34. The monoisotopic (exact) mass is 321 g/mol. The van der Waals surface area contributed by atoms with E-state index in [1.807, 2.05) is 27.8 Å². The number of sulfone groups is 1. The summed E-state index contributed by atoms with van der Waals surface area (Å²) in [7, 11) is -1.28. The van der Waals surface area contributed by atoms with Crippen molar-refractivity contribution in [3.8, 4) is 0 Å². The van der Waals surface area contributed by atoms with E-state index in [1.165, 1.54) is 5.41 Å². The Labute approximate surface area is 129 Å². The summed E-state index contributed by atoms with van der Waals surface area (Å²) in [6.45, 7) is 6.11.